The minimum atomic E-state index is -6.07. The Hall–Kier alpha value is -2.30. The average Bonchev–Trinajstić information content (AvgIpc) is 2.34. The fourth-order valence-corrected chi connectivity index (χ4v) is 2.18. The number of benzene rings is 1. The summed E-state index contributed by atoms with van der Waals surface area (Å²) >= 11 is 0. The van der Waals surface area contributed by atoms with Crippen molar-refractivity contribution in [2.24, 2.45) is 0 Å². The van der Waals surface area contributed by atoms with E-state index >= 15 is 0 Å². The third-order valence-electron chi connectivity index (χ3n) is 3.29. The summed E-state index contributed by atoms with van der Waals surface area (Å²) in [6.45, 7) is 0.886. The van der Waals surface area contributed by atoms with E-state index in [9.17, 15) is 41.0 Å². The molecule has 0 aliphatic rings. The molecule has 0 saturated heterocycles. The molecule has 5 nitrogen and oxygen atoms in total. The van der Waals surface area contributed by atoms with Crippen molar-refractivity contribution in [1.29, 1.82) is 0 Å². The van der Waals surface area contributed by atoms with Crippen LogP contribution < -0.4 is 11.2 Å². The van der Waals surface area contributed by atoms with Crippen molar-refractivity contribution in [3.63, 3.8) is 0 Å². The van der Waals surface area contributed by atoms with Crippen molar-refractivity contribution < 1.29 is 31.4 Å². The van der Waals surface area contributed by atoms with Gasteiger partial charge in [0.25, 0.3) is 11.2 Å². The number of nitrogens with one attached hydrogen (secondary N) is 2. The highest BCUT2D eigenvalue weighted by atomic mass is 19.4. The molecule has 0 aliphatic heterocycles. The lowest BCUT2D eigenvalue weighted by molar-refractivity contribution is -0.376. The lowest BCUT2D eigenvalue weighted by Gasteiger charge is -2.33. The van der Waals surface area contributed by atoms with Crippen molar-refractivity contribution in [3.8, 4) is 0 Å². The van der Waals surface area contributed by atoms with Gasteiger partial charge < -0.3 is 10.1 Å². The molecule has 0 saturated carbocycles. The van der Waals surface area contributed by atoms with Gasteiger partial charge in [-0.2, -0.15) is 26.3 Å². The van der Waals surface area contributed by atoms with Crippen LogP contribution in [0.2, 0.25) is 0 Å². The maximum Gasteiger partial charge on any atom is 0.430 e. The molecule has 0 atom stereocenters. The van der Waals surface area contributed by atoms with Crippen LogP contribution in [0, 0.1) is 6.92 Å². The Bertz CT molecular complexity index is 863. The normalized spacial score (nSPS) is 13.6. The minimum Gasteiger partial charge on any atom is -0.369 e. The number of aryl methyl sites for hydroxylation is 1. The molecule has 0 amide bonds. The monoisotopic (exact) mass is 342 g/mol. The van der Waals surface area contributed by atoms with Gasteiger partial charge >= 0.3 is 18.0 Å². The quantitative estimate of drug-likeness (QED) is 0.691. The first kappa shape index (κ1) is 17.1. The summed E-state index contributed by atoms with van der Waals surface area (Å²) in [5.41, 5.74) is -9.71. The van der Waals surface area contributed by atoms with Gasteiger partial charge in [0.05, 0.1) is 10.9 Å². The molecular weight excluding hydrogens is 334 g/mol. The number of halogens is 6. The topological polar surface area (TPSA) is 86.0 Å². The number of aromatic nitrogens is 2. The van der Waals surface area contributed by atoms with Crippen LogP contribution in [0.3, 0.4) is 0 Å². The van der Waals surface area contributed by atoms with Crippen LogP contribution in [-0.4, -0.2) is 27.4 Å². The fraction of sp³-hybridized carbons (Fsp3) is 0.333. The van der Waals surface area contributed by atoms with Crippen LogP contribution in [0.15, 0.2) is 21.7 Å². The molecule has 0 radical (unpaired) electrons. The molecule has 11 heteroatoms. The van der Waals surface area contributed by atoms with Gasteiger partial charge in [-0.25, -0.2) is 4.79 Å². The Morgan fingerprint density at radius 3 is 1.96 bits per heavy atom. The number of rotatable bonds is 1. The van der Waals surface area contributed by atoms with Crippen molar-refractivity contribution in [2.75, 3.05) is 0 Å². The summed E-state index contributed by atoms with van der Waals surface area (Å²) < 4.78 is 77.5. The smallest absolute Gasteiger partial charge is 0.369 e. The molecule has 0 spiro atoms. The molecule has 1 heterocycles. The fourth-order valence-electron chi connectivity index (χ4n) is 2.18. The summed E-state index contributed by atoms with van der Waals surface area (Å²) in [6, 6.07) is 1.02. The SMILES string of the molecule is Cc1cc2[nH]c(=O)[nH]c(=O)c2cc1C(O)(C(F)(F)F)C(F)(F)F. The lowest BCUT2D eigenvalue weighted by Crippen LogP contribution is -2.54. The van der Waals surface area contributed by atoms with Crippen molar-refractivity contribution >= 4 is 10.9 Å². The highest BCUT2D eigenvalue weighted by Gasteiger charge is 2.71. The van der Waals surface area contributed by atoms with Crippen molar-refractivity contribution in [3.05, 3.63) is 44.1 Å². The van der Waals surface area contributed by atoms with Gasteiger partial charge in [0.1, 0.15) is 0 Å². The second kappa shape index (κ2) is 4.85. The summed E-state index contributed by atoms with van der Waals surface area (Å²) in [5.74, 6) is 0. The van der Waals surface area contributed by atoms with E-state index in [0.29, 0.717) is 0 Å². The minimum absolute atomic E-state index is 0.258. The van der Waals surface area contributed by atoms with Crippen LogP contribution in [0.5, 0.6) is 0 Å². The van der Waals surface area contributed by atoms with Crippen molar-refractivity contribution in [2.45, 2.75) is 24.9 Å². The first-order valence-corrected chi connectivity index (χ1v) is 5.92. The molecule has 0 bridgehead atoms. The van der Waals surface area contributed by atoms with Crippen LogP contribution >= 0.6 is 0 Å². The van der Waals surface area contributed by atoms with Crippen LogP contribution in [0.25, 0.3) is 10.9 Å². The molecule has 23 heavy (non-hydrogen) atoms. The Morgan fingerprint density at radius 2 is 1.48 bits per heavy atom. The molecule has 1 aromatic carbocycles. The number of fused-ring (bicyclic) bond motifs is 1. The zero-order valence-corrected chi connectivity index (χ0v) is 11.2. The first-order chi connectivity index (χ1) is 10.3. The summed E-state index contributed by atoms with van der Waals surface area (Å²) in [7, 11) is 0. The summed E-state index contributed by atoms with van der Waals surface area (Å²) in [6.07, 6.45) is -12.1. The van der Waals surface area contributed by atoms with E-state index in [0.717, 1.165) is 13.0 Å². The molecule has 3 N–H and O–H groups in total. The predicted octanol–water partition coefficient (Wildman–Crippen LogP) is 1.84. The van der Waals surface area contributed by atoms with Gasteiger partial charge in [-0.1, -0.05) is 0 Å². The van der Waals surface area contributed by atoms with E-state index in [1.54, 1.807) is 4.98 Å². The zero-order chi connectivity index (χ0) is 17.8. The predicted molar refractivity (Wildman–Crippen MR) is 65.9 cm³/mol. The summed E-state index contributed by atoms with van der Waals surface area (Å²) in [5, 5.41) is 8.78. The van der Waals surface area contributed by atoms with Crippen LogP contribution in [0.1, 0.15) is 11.1 Å². The van der Waals surface area contributed by atoms with Gasteiger partial charge in [0.2, 0.25) is 0 Å². The van der Waals surface area contributed by atoms with E-state index in [-0.39, 0.29) is 11.6 Å². The third kappa shape index (κ3) is 2.50. The molecule has 0 fully saturated rings. The van der Waals surface area contributed by atoms with Gasteiger partial charge in [-0.05, 0) is 24.6 Å². The molecule has 0 unspecified atom stereocenters. The van der Waals surface area contributed by atoms with Crippen LogP contribution in [-0.2, 0) is 5.60 Å². The molecule has 2 rings (SSSR count). The second-order valence-corrected chi connectivity index (χ2v) is 4.83. The summed E-state index contributed by atoms with van der Waals surface area (Å²) in [4.78, 5) is 26.4. The molecule has 0 aliphatic carbocycles. The van der Waals surface area contributed by atoms with E-state index < -0.39 is 45.7 Å². The number of hydrogen-bond donors (Lipinski definition) is 3. The molecular formula is C12H8F6N2O3. The third-order valence-corrected chi connectivity index (χ3v) is 3.29. The Labute approximate surface area is 122 Å². The molecule has 2 aromatic rings. The highest BCUT2D eigenvalue weighted by molar-refractivity contribution is 5.79. The van der Waals surface area contributed by atoms with E-state index in [4.69, 9.17) is 0 Å². The number of aromatic amines is 2. The number of hydrogen-bond acceptors (Lipinski definition) is 3. The highest BCUT2D eigenvalue weighted by Crippen LogP contribution is 2.51. The number of alkyl halides is 6. The maximum atomic E-state index is 12.9. The number of H-pyrrole nitrogens is 2. The van der Waals surface area contributed by atoms with Gasteiger partial charge in [0.15, 0.2) is 0 Å². The molecule has 126 valence electrons. The zero-order valence-electron chi connectivity index (χ0n) is 11.2. The van der Waals surface area contributed by atoms with E-state index in [2.05, 4.69) is 4.98 Å². The lowest BCUT2D eigenvalue weighted by atomic mass is 9.87. The maximum absolute atomic E-state index is 12.9. The van der Waals surface area contributed by atoms with Gasteiger partial charge in [0, 0.05) is 5.56 Å². The van der Waals surface area contributed by atoms with Gasteiger partial charge in [-0.15, -0.1) is 0 Å². The Kier molecular flexibility index (Phi) is 3.60. The average molecular weight is 342 g/mol. The Morgan fingerprint density at radius 1 is 0.957 bits per heavy atom. The molecule has 1 aromatic heterocycles. The van der Waals surface area contributed by atoms with E-state index in [1.165, 1.54) is 0 Å². The van der Waals surface area contributed by atoms with Crippen molar-refractivity contribution in [1.82, 2.24) is 9.97 Å². The second-order valence-electron chi connectivity index (χ2n) is 4.83. The van der Waals surface area contributed by atoms with Crippen LogP contribution in [0.4, 0.5) is 26.3 Å². The standard InChI is InChI=1S/C12H8F6N2O3/c1-4-2-7-5(8(21)20-9(22)19-7)3-6(4)10(23,11(13,14)15)12(16,17)18/h2-3,23H,1H3,(H2,19,20,21,22). The first-order valence-electron chi connectivity index (χ1n) is 5.92. The van der Waals surface area contributed by atoms with Gasteiger partial charge in [-0.3, -0.25) is 9.78 Å². The number of aliphatic hydroxyl groups is 1. The Balaban J connectivity index is 2.94. The largest absolute Gasteiger partial charge is 0.430 e. The van der Waals surface area contributed by atoms with E-state index in [1.807, 2.05) is 0 Å².